The summed E-state index contributed by atoms with van der Waals surface area (Å²) in [7, 11) is -1.95. The van der Waals surface area contributed by atoms with Gasteiger partial charge in [-0.1, -0.05) is 39.0 Å². The maximum absolute atomic E-state index is 13.5. The van der Waals surface area contributed by atoms with Crippen LogP contribution in [-0.2, 0) is 4.79 Å². The molecule has 1 amide bonds. The zero-order valence-electron chi connectivity index (χ0n) is 22.9. The van der Waals surface area contributed by atoms with Crippen LogP contribution in [0.1, 0.15) is 44.0 Å². The third-order valence-corrected chi connectivity index (χ3v) is 15.1. The van der Waals surface area contributed by atoms with Crippen LogP contribution in [0, 0.1) is 3.57 Å². The summed E-state index contributed by atoms with van der Waals surface area (Å²) >= 11 is 5.52. The first-order chi connectivity index (χ1) is 18.4. The summed E-state index contributed by atoms with van der Waals surface area (Å²) in [6, 6.07) is 24.4. The molecule has 4 aromatic rings. The Morgan fingerprint density at radius 1 is 1.05 bits per heavy atom. The van der Waals surface area contributed by atoms with Crippen LogP contribution in [0.3, 0.4) is 0 Å². The number of halogens is 1. The first kappa shape index (κ1) is 28.7. The zero-order chi connectivity index (χ0) is 27.9. The maximum atomic E-state index is 13.5. The zero-order valence-corrected chi connectivity index (χ0v) is 27.6. The van der Waals surface area contributed by atoms with E-state index in [4.69, 9.17) is 4.43 Å². The van der Waals surface area contributed by atoms with Crippen LogP contribution >= 0.6 is 45.7 Å². The van der Waals surface area contributed by atoms with Gasteiger partial charge in [0.05, 0.1) is 12.1 Å². The lowest BCUT2D eigenvalue weighted by Gasteiger charge is -2.47. The number of rotatable bonds is 8. The van der Waals surface area contributed by atoms with Gasteiger partial charge >= 0.3 is 0 Å². The van der Waals surface area contributed by atoms with Gasteiger partial charge < -0.3 is 14.4 Å². The molecule has 2 heterocycles. The normalized spacial score (nSPS) is 18.7. The summed E-state index contributed by atoms with van der Waals surface area (Å²) in [6.07, 6.45) is -0.638. The van der Waals surface area contributed by atoms with Crippen molar-refractivity contribution in [3.8, 4) is 5.75 Å². The van der Waals surface area contributed by atoms with Crippen molar-refractivity contribution in [2.24, 2.45) is 0 Å². The van der Waals surface area contributed by atoms with Gasteiger partial charge in [0.15, 0.2) is 0 Å². The number of nitrogens with zero attached hydrogens (tertiary/aromatic N) is 1. The summed E-state index contributed by atoms with van der Waals surface area (Å²) in [5.74, 6) is 1.41. The number of hydrogen-bond donors (Lipinski definition) is 1. The Hall–Kier alpha value is -1.85. The third kappa shape index (κ3) is 5.95. The van der Waals surface area contributed by atoms with E-state index < -0.39 is 14.4 Å². The molecule has 0 spiro atoms. The highest BCUT2D eigenvalue weighted by Gasteiger charge is 2.49. The molecule has 1 N–H and O–H groups in total. The van der Waals surface area contributed by atoms with Gasteiger partial charge in [-0.3, -0.25) is 4.79 Å². The van der Waals surface area contributed by atoms with E-state index >= 15 is 0 Å². The van der Waals surface area contributed by atoms with Crippen molar-refractivity contribution in [2.75, 3.05) is 10.7 Å². The predicted molar refractivity (Wildman–Crippen MR) is 177 cm³/mol. The Labute approximate surface area is 254 Å². The molecule has 5 rings (SSSR count). The first-order valence-electron chi connectivity index (χ1n) is 13.1. The van der Waals surface area contributed by atoms with E-state index in [0.29, 0.717) is 5.75 Å². The lowest BCUT2D eigenvalue weighted by molar-refractivity contribution is -0.123. The number of thiophene rings is 1. The van der Waals surface area contributed by atoms with Crippen LogP contribution in [0.2, 0.25) is 18.1 Å². The molecule has 1 fully saturated rings. The minimum absolute atomic E-state index is 0.0771. The summed E-state index contributed by atoms with van der Waals surface area (Å²) in [6.45, 7) is 11.2. The van der Waals surface area contributed by atoms with Gasteiger partial charge in [-0.2, -0.15) is 0 Å². The smallest absolute Gasteiger partial charge is 0.250 e. The van der Waals surface area contributed by atoms with E-state index in [0.717, 1.165) is 31.5 Å². The van der Waals surface area contributed by atoms with Crippen LogP contribution in [0.15, 0.2) is 78.2 Å². The molecule has 4 nitrogen and oxygen atoms in total. The van der Waals surface area contributed by atoms with Crippen molar-refractivity contribution in [3.05, 3.63) is 92.9 Å². The monoisotopic (exact) mass is 687 g/mol. The van der Waals surface area contributed by atoms with Gasteiger partial charge in [0, 0.05) is 19.7 Å². The summed E-state index contributed by atoms with van der Waals surface area (Å²) in [5.41, 5.74) is 2.85. The molecule has 1 saturated heterocycles. The van der Waals surface area contributed by atoms with E-state index in [9.17, 15) is 9.90 Å². The van der Waals surface area contributed by atoms with Gasteiger partial charge in [0.25, 0.3) is 0 Å². The molecule has 3 aromatic carbocycles. The number of benzene rings is 3. The van der Waals surface area contributed by atoms with Gasteiger partial charge in [-0.05, 0) is 117 Å². The van der Waals surface area contributed by atoms with E-state index in [2.05, 4.69) is 92.2 Å². The second kappa shape index (κ2) is 11.2. The minimum atomic E-state index is -1.95. The molecule has 0 bridgehead atoms. The number of aliphatic hydroxyl groups is 1. The van der Waals surface area contributed by atoms with Crippen molar-refractivity contribution >= 4 is 75.7 Å². The fourth-order valence-electron chi connectivity index (χ4n) is 4.50. The number of β-lactam (4-membered cyclic amide) rings is 1. The number of thioether (sulfide) groups is 1. The topological polar surface area (TPSA) is 49.8 Å². The molecule has 8 heteroatoms. The molecule has 204 valence electrons. The Bertz CT molecular complexity index is 1460. The number of carbonyl (C=O) groups is 1. The Balaban J connectivity index is 1.36. The van der Waals surface area contributed by atoms with Gasteiger partial charge in [0.2, 0.25) is 14.2 Å². The number of fused-ring (bicyclic) bond motifs is 1. The predicted octanol–water partition coefficient (Wildman–Crippen LogP) is 8.81. The average molecular weight is 688 g/mol. The fourth-order valence-corrected chi connectivity index (χ4v) is 7.96. The summed E-state index contributed by atoms with van der Waals surface area (Å²) in [5, 5.41) is 14.1. The van der Waals surface area contributed by atoms with Gasteiger partial charge in [0.1, 0.15) is 11.0 Å². The molecule has 0 unspecified atom stereocenters. The average Bonchev–Trinajstić information content (AvgIpc) is 3.36. The van der Waals surface area contributed by atoms with Crippen LogP contribution in [0.25, 0.3) is 10.1 Å². The molecule has 0 radical (unpaired) electrons. The third-order valence-electron chi connectivity index (χ3n) is 7.85. The number of hydrogen-bond acceptors (Lipinski definition) is 5. The Morgan fingerprint density at radius 2 is 1.74 bits per heavy atom. The number of anilines is 1. The van der Waals surface area contributed by atoms with Crippen LogP contribution in [0.5, 0.6) is 5.75 Å². The van der Waals surface area contributed by atoms with E-state index in [-0.39, 0.29) is 22.2 Å². The SMILES string of the molecule is CC(C)(C)[Si](C)(C)Oc1ccc([C@@H]2[C@@H](SC[C@H](O)c3ccc4sccc4c3)C(=O)N2c2ccc(I)cc2)cc1. The van der Waals surface area contributed by atoms with E-state index in [1.807, 2.05) is 47.4 Å². The summed E-state index contributed by atoms with van der Waals surface area (Å²) in [4.78, 5) is 15.4. The van der Waals surface area contributed by atoms with Crippen molar-refractivity contribution in [1.82, 2.24) is 0 Å². The standard InChI is InChI=1S/C31H34INO3S2Si/c1-31(2,3)39(4,5)36-25-13-6-20(7-14-25)28-29(30(35)33(28)24-11-9-23(32)10-12-24)38-19-26(34)21-8-15-27-22(18-21)16-17-37-27/h6-18,26,28-29,34H,19H2,1-5H3/t26-,28+,29+/m0/s1. The molecule has 1 aromatic heterocycles. The first-order valence-corrected chi connectivity index (χ1v) is 19.0. The van der Waals surface area contributed by atoms with Crippen molar-refractivity contribution in [2.45, 2.75) is 56.3 Å². The second-order valence-electron chi connectivity index (χ2n) is 11.5. The van der Waals surface area contributed by atoms with Crippen LogP contribution in [-0.4, -0.2) is 30.3 Å². The highest BCUT2D eigenvalue weighted by molar-refractivity contribution is 14.1. The summed E-state index contributed by atoms with van der Waals surface area (Å²) < 4.78 is 8.84. The van der Waals surface area contributed by atoms with Gasteiger partial charge in [-0.15, -0.1) is 23.1 Å². The Morgan fingerprint density at radius 3 is 2.41 bits per heavy atom. The second-order valence-corrected chi connectivity index (χ2v) is 19.6. The number of aliphatic hydroxyl groups excluding tert-OH is 1. The molecular weight excluding hydrogens is 653 g/mol. The maximum Gasteiger partial charge on any atom is 0.250 e. The van der Waals surface area contributed by atoms with Crippen molar-refractivity contribution in [1.29, 1.82) is 0 Å². The lowest BCUT2D eigenvalue weighted by atomic mass is 9.92. The molecule has 3 atom stereocenters. The van der Waals surface area contributed by atoms with Crippen LogP contribution < -0.4 is 9.33 Å². The number of carbonyl (C=O) groups excluding carboxylic acids is 1. The van der Waals surface area contributed by atoms with Crippen LogP contribution in [0.4, 0.5) is 5.69 Å². The highest BCUT2D eigenvalue weighted by Crippen LogP contribution is 2.46. The molecule has 0 saturated carbocycles. The van der Waals surface area contributed by atoms with E-state index in [1.165, 1.54) is 16.5 Å². The van der Waals surface area contributed by atoms with E-state index in [1.54, 1.807) is 11.3 Å². The Kier molecular flexibility index (Phi) is 8.23. The molecule has 1 aliphatic rings. The van der Waals surface area contributed by atoms with Crippen molar-refractivity contribution < 1.29 is 14.3 Å². The highest BCUT2D eigenvalue weighted by atomic mass is 127. The molecular formula is C31H34INO3S2Si. The fraction of sp³-hybridized carbons (Fsp3) is 0.323. The lowest BCUT2D eigenvalue weighted by Crippen LogP contribution is -2.57. The molecule has 39 heavy (non-hydrogen) atoms. The quantitative estimate of drug-likeness (QED) is 0.114. The molecule has 1 aliphatic heterocycles. The largest absolute Gasteiger partial charge is 0.544 e. The molecule has 0 aliphatic carbocycles. The van der Waals surface area contributed by atoms with Gasteiger partial charge in [-0.25, -0.2) is 0 Å². The van der Waals surface area contributed by atoms with Crippen molar-refractivity contribution in [3.63, 3.8) is 0 Å². The minimum Gasteiger partial charge on any atom is -0.544 e. The number of amides is 1.